The van der Waals surface area contributed by atoms with Gasteiger partial charge in [-0.05, 0) is 30.7 Å². The van der Waals surface area contributed by atoms with Crippen LogP contribution in [-0.4, -0.2) is 87.1 Å². The quantitative estimate of drug-likeness (QED) is 0.464. The van der Waals surface area contributed by atoms with Crippen molar-refractivity contribution in [1.82, 2.24) is 24.6 Å². The number of piperidine rings is 1. The fraction of sp³-hybridized carbons (Fsp3) is 0.577. The third-order valence-electron chi connectivity index (χ3n) is 8.95. The van der Waals surface area contributed by atoms with E-state index < -0.39 is 12.3 Å². The van der Waals surface area contributed by atoms with Crippen molar-refractivity contribution in [3.63, 3.8) is 0 Å². The van der Waals surface area contributed by atoms with Gasteiger partial charge in [0, 0.05) is 55.4 Å². The van der Waals surface area contributed by atoms with Gasteiger partial charge in [-0.1, -0.05) is 23.2 Å². The Labute approximate surface area is 229 Å². The van der Waals surface area contributed by atoms with E-state index in [9.17, 15) is 5.11 Å². The molecule has 38 heavy (non-hydrogen) atoms. The van der Waals surface area contributed by atoms with Gasteiger partial charge in [-0.3, -0.25) is 4.90 Å². The number of benzene rings is 1. The first kappa shape index (κ1) is 24.9. The molecule has 202 valence electrons. The van der Waals surface area contributed by atoms with E-state index in [1.54, 1.807) is 25.6 Å². The number of hydrogen-bond acceptors (Lipinski definition) is 8. The largest absolute Gasteiger partial charge is 0.389 e. The fourth-order valence-corrected chi connectivity index (χ4v) is 7.46. The Kier molecular flexibility index (Phi) is 5.88. The standard InChI is InChI=1S/C26H29Cl2FN6O3/c1-37-26-11-25(12-26,13-26)35-23(28)20(7-31-35)33-24-30-6-14-4-17(27)16(5-19(14)32-24)15-2-3-34(8-18(15)29)21-9-38-10-22(21)36/h4-7,15,18,21-22,36H,2-3,8-13H2,1H3,(H,30,32,33)/t15?,18?,21-,22?,25?,26?/m1/s1. The summed E-state index contributed by atoms with van der Waals surface area (Å²) in [5, 5.41) is 19.7. The second-order valence-electron chi connectivity index (χ2n) is 11.2. The first-order chi connectivity index (χ1) is 18.3. The number of nitrogens with zero attached hydrogens (tertiary/aromatic N) is 5. The summed E-state index contributed by atoms with van der Waals surface area (Å²) in [5.74, 6) is 0.0186. The van der Waals surface area contributed by atoms with Crippen molar-refractivity contribution in [2.75, 3.05) is 38.7 Å². The van der Waals surface area contributed by atoms with Gasteiger partial charge >= 0.3 is 0 Å². The van der Waals surface area contributed by atoms with E-state index in [1.807, 2.05) is 15.6 Å². The number of aliphatic hydroxyl groups is 1. The van der Waals surface area contributed by atoms with E-state index in [-0.39, 0.29) is 29.6 Å². The summed E-state index contributed by atoms with van der Waals surface area (Å²) in [5.41, 5.74) is 1.96. The lowest BCUT2D eigenvalue weighted by molar-refractivity contribution is -0.265. The Hall–Kier alpha value is -2.08. The number of alkyl halides is 1. The molecule has 2 saturated heterocycles. The van der Waals surface area contributed by atoms with Gasteiger partial charge < -0.3 is 19.9 Å². The summed E-state index contributed by atoms with van der Waals surface area (Å²) in [6, 6.07) is 3.50. The first-order valence-corrected chi connectivity index (χ1v) is 13.7. The van der Waals surface area contributed by atoms with Crippen LogP contribution in [0.2, 0.25) is 10.2 Å². The van der Waals surface area contributed by atoms with Crippen molar-refractivity contribution in [1.29, 1.82) is 0 Å². The third-order valence-corrected chi connectivity index (χ3v) is 9.64. The smallest absolute Gasteiger partial charge is 0.227 e. The molecule has 2 aliphatic heterocycles. The summed E-state index contributed by atoms with van der Waals surface area (Å²) < 4.78 is 28.3. The van der Waals surface area contributed by atoms with Crippen LogP contribution in [0.3, 0.4) is 0 Å². The molecule has 5 aliphatic rings. The Balaban J connectivity index is 1.10. The van der Waals surface area contributed by atoms with Gasteiger partial charge in [0.05, 0.1) is 53.9 Å². The molecule has 8 rings (SSSR count). The van der Waals surface area contributed by atoms with E-state index in [2.05, 4.69) is 20.4 Å². The Bertz CT molecular complexity index is 1390. The molecule has 3 aromatic rings. The minimum atomic E-state index is -1.12. The molecule has 0 spiro atoms. The van der Waals surface area contributed by atoms with E-state index in [4.69, 9.17) is 32.7 Å². The number of rotatable bonds is 6. The molecular formula is C26H29Cl2FN6O3. The van der Waals surface area contributed by atoms with Gasteiger partial charge in [0.1, 0.15) is 6.17 Å². The lowest BCUT2D eigenvalue weighted by atomic mass is 9.46. The van der Waals surface area contributed by atoms with E-state index in [1.165, 1.54) is 0 Å². The van der Waals surface area contributed by atoms with Crippen molar-refractivity contribution >= 4 is 45.7 Å². The highest BCUT2D eigenvalue weighted by Gasteiger charge is 2.71. The van der Waals surface area contributed by atoms with E-state index >= 15 is 4.39 Å². The van der Waals surface area contributed by atoms with Gasteiger partial charge in [0.15, 0.2) is 5.15 Å². The summed E-state index contributed by atoms with van der Waals surface area (Å²) in [6.07, 6.45) is 5.02. The predicted molar refractivity (Wildman–Crippen MR) is 141 cm³/mol. The molecule has 3 unspecified atom stereocenters. The van der Waals surface area contributed by atoms with Gasteiger partial charge in [0.25, 0.3) is 0 Å². The number of methoxy groups -OCH3 is 1. The van der Waals surface area contributed by atoms with Crippen LogP contribution in [-0.2, 0) is 15.0 Å². The minimum Gasteiger partial charge on any atom is -0.389 e. The number of nitrogens with one attached hydrogen (secondary N) is 1. The second-order valence-corrected chi connectivity index (χ2v) is 12.0. The monoisotopic (exact) mass is 562 g/mol. The molecule has 3 aliphatic carbocycles. The number of aromatic nitrogens is 4. The van der Waals surface area contributed by atoms with E-state index in [0.717, 1.165) is 30.2 Å². The molecule has 0 radical (unpaired) electrons. The SMILES string of the molecule is COC12CC(n3ncc(Nc4ncc5cc(Cl)c(C6CCN([C@@H]7COCC7O)CC6F)cc5n4)c3Cl)(C1)C2. The van der Waals surface area contributed by atoms with Crippen LogP contribution in [0, 0.1) is 0 Å². The summed E-state index contributed by atoms with van der Waals surface area (Å²) >= 11 is 13.3. The van der Waals surface area contributed by atoms with Gasteiger partial charge in [0.2, 0.25) is 5.95 Å². The molecule has 2 N–H and O–H groups in total. The van der Waals surface area contributed by atoms with Gasteiger partial charge in [-0.15, -0.1) is 0 Å². The molecule has 3 saturated carbocycles. The molecule has 2 bridgehead atoms. The predicted octanol–water partition coefficient (Wildman–Crippen LogP) is 4.04. The Morgan fingerprint density at radius 2 is 2.03 bits per heavy atom. The Morgan fingerprint density at radius 1 is 1.21 bits per heavy atom. The van der Waals surface area contributed by atoms with Crippen LogP contribution in [0.5, 0.6) is 0 Å². The zero-order valence-corrected chi connectivity index (χ0v) is 22.4. The Morgan fingerprint density at radius 3 is 2.74 bits per heavy atom. The van der Waals surface area contributed by atoms with Crippen LogP contribution in [0.1, 0.15) is 37.2 Å². The maximum absolute atomic E-state index is 15.4. The van der Waals surface area contributed by atoms with Crippen molar-refractivity contribution in [3.05, 3.63) is 40.3 Å². The molecule has 12 heteroatoms. The molecule has 4 atom stereocenters. The van der Waals surface area contributed by atoms with Crippen molar-refractivity contribution in [2.45, 2.75) is 61.1 Å². The second kappa shape index (κ2) is 8.97. The van der Waals surface area contributed by atoms with Crippen molar-refractivity contribution in [2.24, 2.45) is 0 Å². The highest BCUT2D eigenvalue weighted by atomic mass is 35.5. The van der Waals surface area contributed by atoms with Crippen LogP contribution < -0.4 is 5.32 Å². The van der Waals surface area contributed by atoms with Crippen LogP contribution in [0.4, 0.5) is 16.0 Å². The molecule has 9 nitrogen and oxygen atoms in total. The highest BCUT2D eigenvalue weighted by Crippen LogP contribution is 2.67. The molecule has 5 fully saturated rings. The maximum Gasteiger partial charge on any atom is 0.227 e. The van der Waals surface area contributed by atoms with Crippen molar-refractivity contribution in [3.8, 4) is 0 Å². The molecule has 1 aromatic carbocycles. The maximum atomic E-state index is 15.4. The van der Waals surface area contributed by atoms with Crippen LogP contribution in [0.15, 0.2) is 24.5 Å². The van der Waals surface area contributed by atoms with Crippen molar-refractivity contribution < 1.29 is 19.0 Å². The number of ether oxygens (including phenoxy) is 2. The number of halogens is 3. The number of aliphatic hydroxyl groups excluding tert-OH is 1. The molecule has 4 heterocycles. The normalized spacial score (nSPS) is 34.8. The number of hydrogen-bond donors (Lipinski definition) is 2. The average molecular weight is 563 g/mol. The molecule has 0 amide bonds. The lowest BCUT2D eigenvalue weighted by Gasteiger charge is -2.68. The lowest BCUT2D eigenvalue weighted by Crippen LogP contribution is -2.73. The molecule has 2 aromatic heterocycles. The topological polar surface area (TPSA) is 97.6 Å². The zero-order chi connectivity index (χ0) is 26.2. The molecular weight excluding hydrogens is 534 g/mol. The number of likely N-dealkylation sites (tertiary alicyclic amines) is 1. The van der Waals surface area contributed by atoms with E-state index in [0.29, 0.717) is 53.5 Å². The summed E-state index contributed by atoms with van der Waals surface area (Å²) in [4.78, 5) is 11.1. The van der Waals surface area contributed by atoms with Gasteiger partial charge in [-0.25, -0.2) is 19.0 Å². The first-order valence-electron chi connectivity index (χ1n) is 13.0. The minimum absolute atomic E-state index is 0.00921. The van der Waals surface area contributed by atoms with Gasteiger partial charge in [-0.2, -0.15) is 5.10 Å². The number of anilines is 2. The summed E-state index contributed by atoms with van der Waals surface area (Å²) in [6.45, 7) is 1.63. The fourth-order valence-electron chi connectivity index (χ4n) is 6.83. The summed E-state index contributed by atoms with van der Waals surface area (Å²) in [7, 11) is 1.75. The van der Waals surface area contributed by atoms with Crippen LogP contribution >= 0.6 is 23.2 Å². The zero-order valence-electron chi connectivity index (χ0n) is 20.9. The third kappa shape index (κ3) is 3.83. The highest BCUT2D eigenvalue weighted by molar-refractivity contribution is 6.32. The number of fused-ring (bicyclic) bond motifs is 1. The average Bonchev–Trinajstić information content (AvgIpc) is 3.44. The van der Waals surface area contributed by atoms with Crippen LogP contribution in [0.25, 0.3) is 10.9 Å².